The van der Waals surface area contributed by atoms with Crippen molar-refractivity contribution in [1.82, 2.24) is 9.97 Å². The first kappa shape index (κ1) is 15.9. The lowest BCUT2D eigenvalue weighted by molar-refractivity contribution is -0.117. The maximum absolute atomic E-state index is 12.4. The molecule has 1 aromatic heterocycles. The molecular formula is C17H19N5O2. The molecule has 7 heteroatoms. The molecule has 0 aliphatic heterocycles. The zero-order valence-corrected chi connectivity index (χ0v) is 13.6. The molecule has 1 heterocycles. The Kier molecular flexibility index (Phi) is 4.41. The molecule has 3 rings (SSSR count). The van der Waals surface area contributed by atoms with Crippen LogP contribution >= 0.6 is 0 Å². The number of benzene rings is 1. The van der Waals surface area contributed by atoms with Gasteiger partial charge in [0.05, 0.1) is 6.20 Å². The zero-order valence-electron chi connectivity index (χ0n) is 13.6. The second-order valence-electron chi connectivity index (χ2n) is 5.95. The predicted molar refractivity (Wildman–Crippen MR) is 92.1 cm³/mol. The number of carbonyl (C=O) groups is 2. The standard InChI is InChI=1S/C17H19N5O2/c1-22(2)15-14(9-18-10-19-15)21-17(24)12-5-7-13(8-6-12)20-16(23)11-3-4-11/h5-11H,3-4H2,1-2H3,(H,20,23)(H,21,24). The summed E-state index contributed by atoms with van der Waals surface area (Å²) in [5.74, 6) is 0.569. The summed E-state index contributed by atoms with van der Waals surface area (Å²) in [6, 6.07) is 6.81. The van der Waals surface area contributed by atoms with Gasteiger partial charge in [0, 0.05) is 31.3 Å². The molecule has 24 heavy (non-hydrogen) atoms. The van der Waals surface area contributed by atoms with Crippen LogP contribution in [0.4, 0.5) is 17.2 Å². The average Bonchev–Trinajstić information content (AvgIpc) is 3.40. The van der Waals surface area contributed by atoms with Crippen LogP contribution in [0, 0.1) is 5.92 Å². The van der Waals surface area contributed by atoms with E-state index in [1.54, 1.807) is 35.4 Å². The minimum absolute atomic E-state index is 0.0456. The first-order valence-corrected chi connectivity index (χ1v) is 7.74. The van der Waals surface area contributed by atoms with Crippen molar-refractivity contribution >= 4 is 29.0 Å². The van der Waals surface area contributed by atoms with Crippen LogP contribution in [0.15, 0.2) is 36.8 Å². The number of rotatable bonds is 5. The minimum atomic E-state index is -0.257. The molecule has 0 bridgehead atoms. The van der Waals surface area contributed by atoms with Gasteiger partial charge in [-0.25, -0.2) is 9.97 Å². The monoisotopic (exact) mass is 325 g/mol. The number of nitrogens with zero attached hydrogens (tertiary/aromatic N) is 3. The van der Waals surface area contributed by atoms with Crippen LogP contribution in [0.2, 0.25) is 0 Å². The predicted octanol–water partition coefficient (Wildman–Crippen LogP) is 2.14. The average molecular weight is 325 g/mol. The summed E-state index contributed by atoms with van der Waals surface area (Å²) in [6.45, 7) is 0. The highest BCUT2D eigenvalue weighted by Crippen LogP contribution is 2.30. The van der Waals surface area contributed by atoms with E-state index < -0.39 is 0 Å². The van der Waals surface area contributed by atoms with Crippen LogP contribution in [-0.2, 0) is 4.79 Å². The molecule has 1 aliphatic carbocycles. The van der Waals surface area contributed by atoms with Gasteiger partial charge in [0.2, 0.25) is 5.91 Å². The van der Waals surface area contributed by atoms with E-state index in [0.29, 0.717) is 22.8 Å². The zero-order chi connectivity index (χ0) is 17.1. The lowest BCUT2D eigenvalue weighted by Crippen LogP contribution is -2.18. The first-order chi connectivity index (χ1) is 11.5. The number of amides is 2. The molecule has 0 unspecified atom stereocenters. The molecule has 1 saturated carbocycles. The Morgan fingerprint density at radius 1 is 1.12 bits per heavy atom. The van der Waals surface area contributed by atoms with Crippen molar-refractivity contribution in [3.8, 4) is 0 Å². The van der Waals surface area contributed by atoms with Crippen molar-refractivity contribution in [2.24, 2.45) is 5.92 Å². The fraction of sp³-hybridized carbons (Fsp3) is 0.294. The third-order valence-corrected chi connectivity index (χ3v) is 3.73. The van der Waals surface area contributed by atoms with E-state index in [-0.39, 0.29) is 17.7 Å². The normalized spacial score (nSPS) is 13.2. The van der Waals surface area contributed by atoms with Crippen LogP contribution in [0.5, 0.6) is 0 Å². The smallest absolute Gasteiger partial charge is 0.255 e. The first-order valence-electron chi connectivity index (χ1n) is 7.74. The molecule has 2 aromatic rings. The van der Waals surface area contributed by atoms with Gasteiger partial charge < -0.3 is 15.5 Å². The van der Waals surface area contributed by atoms with Gasteiger partial charge in [0.1, 0.15) is 12.0 Å². The van der Waals surface area contributed by atoms with E-state index in [0.717, 1.165) is 12.8 Å². The van der Waals surface area contributed by atoms with E-state index in [4.69, 9.17) is 0 Å². The molecule has 0 radical (unpaired) electrons. The molecule has 1 fully saturated rings. The maximum atomic E-state index is 12.4. The lowest BCUT2D eigenvalue weighted by Gasteiger charge is -2.15. The van der Waals surface area contributed by atoms with Crippen LogP contribution in [0.3, 0.4) is 0 Å². The Labute approximate surface area is 140 Å². The molecule has 124 valence electrons. The molecule has 7 nitrogen and oxygen atoms in total. The molecular weight excluding hydrogens is 306 g/mol. The summed E-state index contributed by atoms with van der Waals surface area (Å²) < 4.78 is 0. The summed E-state index contributed by atoms with van der Waals surface area (Å²) in [5.41, 5.74) is 1.73. The highest BCUT2D eigenvalue weighted by molar-refractivity contribution is 6.06. The fourth-order valence-electron chi connectivity index (χ4n) is 2.26. The van der Waals surface area contributed by atoms with Gasteiger partial charge in [-0.15, -0.1) is 0 Å². The second-order valence-corrected chi connectivity index (χ2v) is 5.95. The van der Waals surface area contributed by atoms with Gasteiger partial charge in [-0.1, -0.05) is 0 Å². The molecule has 2 amide bonds. The largest absolute Gasteiger partial charge is 0.361 e. The van der Waals surface area contributed by atoms with Crippen LogP contribution < -0.4 is 15.5 Å². The molecule has 1 aromatic carbocycles. The maximum Gasteiger partial charge on any atom is 0.255 e. The van der Waals surface area contributed by atoms with Crippen molar-refractivity contribution < 1.29 is 9.59 Å². The summed E-state index contributed by atoms with van der Waals surface area (Å²) in [5, 5.41) is 5.65. The van der Waals surface area contributed by atoms with Crippen molar-refractivity contribution in [2.45, 2.75) is 12.8 Å². The highest BCUT2D eigenvalue weighted by atomic mass is 16.2. The van der Waals surface area contributed by atoms with Crippen molar-refractivity contribution in [3.63, 3.8) is 0 Å². The van der Waals surface area contributed by atoms with Gasteiger partial charge in [0.15, 0.2) is 5.82 Å². The Balaban J connectivity index is 1.68. The van der Waals surface area contributed by atoms with Crippen molar-refractivity contribution in [2.75, 3.05) is 29.6 Å². The molecule has 1 aliphatic rings. The molecule has 2 N–H and O–H groups in total. The Morgan fingerprint density at radius 2 is 1.83 bits per heavy atom. The topological polar surface area (TPSA) is 87.2 Å². The van der Waals surface area contributed by atoms with E-state index in [1.807, 2.05) is 14.1 Å². The summed E-state index contributed by atoms with van der Waals surface area (Å²) >= 11 is 0. The van der Waals surface area contributed by atoms with E-state index >= 15 is 0 Å². The summed E-state index contributed by atoms with van der Waals surface area (Å²) in [6.07, 6.45) is 4.91. The van der Waals surface area contributed by atoms with E-state index in [2.05, 4.69) is 20.6 Å². The van der Waals surface area contributed by atoms with E-state index in [9.17, 15) is 9.59 Å². The number of hydrogen-bond donors (Lipinski definition) is 2. The third kappa shape index (κ3) is 3.68. The number of carbonyl (C=O) groups excluding carboxylic acids is 2. The van der Waals surface area contributed by atoms with Gasteiger partial charge in [-0.05, 0) is 37.1 Å². The number of anilines is 3. The Hall–Kier alpha value is -2.96. The number of hydrogen-bond acceptors (Lipinski definition) is 5. The summed E-state index contributed by atoms with van der Waals surface area (Å²) in [4.78, 5) is 34.0. The van der Waals surface area contributed by atoms with Gasteiger partial charge in [-0.3, -0.25) is 9.59 Å². The van der Waals surface area contributed by atoms with Crippen molar-refractivity contribution in [1.29, 1.82) is 0 Å². The molecule has 0 spiro atoms. The van der Waals surface area contributed by atoms with Crippen LogP contribution in [0.1, 0.15) is 23.2 Å². The van der Waals surface area contributed by atoms with Crippen LogP contribution in [0.25, 0.3) is 0 Å². The molecule has 0 saturated heterocycles. The highest BCUT2D eigenvalue weighted by Gasteiger charge is 2.29. The SMILES string of the molecule is CN(C)c1ncncc1NC(=O)c1ccc(NC(=O)C2CC2)cc1. The van der Waals surface area contributed by atoms with Gasteiger partial charge >= 0.3 is 0 Å². The second kappa shape index (κ2) is 6.66. The van der Waals surface area contributed by atoms with Crippen LogP contribution in [-0.4, -0.2) is 35.9 Å². The van der Waals surface area contributed by atoms with E-state index in [1.165, 1.54) is 6.33 Å². The molecule has 0 atom stereocenters. The van der Waals surface area contributed by atoms with Crippen molar-refractivity contribution in [3.05, 3.63) is 42.4 Å². The van der Waals surface area contributed by atoms with Gasteiger partial charge in [0.25, 0.3) is 5.91 Å². The lowest BCUT2D eigenvalue weighted by atomic mass is 10.2. The Morgan fingerprint density at radius 3 is 2.46 bits per heavy atom. The quantitative estimate of drug-likeness (QED) is 0.879. The third-order valence-electron chi connectivity index (χ3n) is 3.73. The fourth-order valence-corrected chi connectivity index (χ4v) is 2.26. The number of aromatic nitrogens is 2. The summed E-state index contributed by atoms with van der Waals surface area (Å²) in [7, 11) is 3.69. The minimum Gasteiger partial charge on any atom is -0.361 e. The Bertz CT molecular complexity index is 754. The number of nitrogens with one attached hydrogen (secondary N) is 2. The van der Waals surface area contributed by atoms with Gasteiger partial charge in [-0.2, -0.15) is 0 Å².